The van der Waals surface area contributed by atoms with E-state index in [1.807, 2.05) is 13.0 Å². The van der Waals surface area contributed by atoms with E-state index in [-0.39, 0.29) is 0 Å². The Labute approximate surface area is 128 Å². The second-order valence-corrected chi connectivity index (χ2v) is 6.42. The highest BCUT2D eigenvalue weighted by molar-refractivity contribution is 6.31. The van der Waals surface area contributed by atoms with Gasteiger partial charge < -0.3 is 24.4 Å². The SMILES string of the molecule is Cc1ccc([C@H](O)[C@@H]2O[C@H]3OC(C)(C)OC3[C@@H]2O)cc1Cl. The number of ether oxygens (including phenoxy) is 3. The van der Waals surface area contributed by atoms with Crippen molar-refractivity contribution >= 4 is 11.6 Å². The van der Waals surface area contributed by atoms with Gasteiger partial charge in [0.05, 0.1) is 0 Å². The lowest BCUT2D eigenvalue weighted by Crippen LogP contribution is -2.37. The molecule has 5 nitrogen and oxygen atoms in total. The van der Waals surface area contributed by atoms with Crippen molar-refractivity contribution in [3.05, 3.63) is 34.3 Å². The highest BCUT2D eigenvalue weighted by atomic mass is 35.5. The Hall–Kier alpha value is -0.690. The molecule has 0 saturated carbocycles. The molecule has 0 amide bonds. The molecule has 1 aromatic rings. The second kappa shape index (κ2) is 5.19. The minimum absolute atomic E-state index is 0.563. The van der Waals surface area contributed by atoms with Gasteiger partial charge in [-0.25, -0.2) is 0 Å². The van der Waals surface area contributed by atoms with E-state index >= 15 is 0 Å². The van der Waals surface area contributed by atoms with Crippen molar-refractivity contribution in [2.24, 2.45) is 0 Å². The fourth-order valence-electron chi connectivity index (χ4n) is 2.76. The van der Waals surface area contributed by atoms with E-state index < -0.39 is 36.5 Å². The topological polar surface area (TPSA) is 68.2 Å². The quantitative estimate of drug-likeness (QED) is 0.873. The van der Waals surface area contributed by atoms with Gasteiger partial charge in [-0.2, -0.15) is 0 Å². The van der Waals surface area contributed by atoms with Crippen LogP contribution >= 0.6 is 11.6 Å². The van der Waals surface area contributed by atoms with Crippen molar-refractivity contribution in [3.63, 3.8) is 0 Å². The maximum atomic E-state index is 10.4. The lowest BCUT2D eigenvalue weighted by molar-refractivity contribution is -0.226. The first-order chi connectivity index (χ1) is 9.78. The molecule has 0 spiro atoms. The van der Waals surface area contributed by atoms with Crippen molar-refractivity contribution in [1.29, 1.82) is 0 Å². The zero-order valence-electron chi connectivity index (χ0n) is 12.1. The van der Waals surface area contributed by atoms with Gasteiger partial charge in [-0.15, -0.1) is 0 Å². The third-order valence-corrected chi connectivity index (χ3v) is 4.31. The molecule has 2 fully saturated rings. The van der Waals surface area contributed by atoms with Crippen molar-refractivity contribution in [2.45, 2.75) is 57.3 Å². The molecule has 2 heterocycles. The zero-order valence-corrected chi connectivity index (χ0v) is 12.9. The van der Waals surface area contributed by atoms with Gasteiger partial charge >= 0.3 is 0 Å². The molecule has 1 unspecified atom stereocenters. The Morgan fingerprint density at radius 3 is 2.62 bits per heavy atom. The van der Waals surface area contributed by atoms with Crippen molar-refractivity contribution in [1.82, 2.24) is 0 Å². The highest BCUT2D eigenvalue weighted by Gasteiger charge is 2.56. The first kappa shape index (κ1) is 15.2. The summed E-state index contributed by atoms with van der Waals surface area (Å²) in [6.45, 7) is 5.40. The van der Waals surface area contributed by atoms with Gasteiger partial charge in [0.2, 0.25) is 0 Å². The van der Waals surface area contributed by atoms with Crippen LogP contribution in [0.25, 0.3) is 0 Å². The van der Waals surface area contributed by atoms with Crippen LogP contribution in [0.15, 0.2) is 18.2 Å². The number of aryl methyl sites for hydroxylation is 1. The van der Waals surface area contributed by atoms with Gasteiger partial charge in [-0.3, -0.25) is 0 Å². The number of aliphatic hydroxyl groups is 2. The van der Waals surface area contributed by atoms with Crippen LogP contribution in [0, 0.1) is 6.92 Å². The van der Waals surface area contributed by atoms with Crippen molar-refractivity contribution in [2.75, 3.05) is 0 Å². The minimum atomic E-state index is -1.00. The molecule has 0 bridgehead atoms. The number of halogens is 1. The zero-order chi connectivity index (χ0) is 15.4. The Morgan fingerprint density at radius 2 is 2.00 bits per heavy atom. The lowest BCUT2D eigenvalue weighted by Gasteiger charge is -2.26. The molecule has 0 radical (unpaired) electrons. The maximum Gasteiger partial charge on any atom is 0.190 e. The maximum absolute atomic E-state index is 10.4. The third kappa shape index (κ3) is 2.70. The number of aliphatic hydroxyl groups excluding tert-OH is 2. The number of hydrogen-bond acceptors (Lipinski definition) is 5. The van der Waals surface area contributed by atoms with Crippen molar-refractivity contribution < 1.29 is 24.4 Å². The average Bonchev–Trinajstić information content (AvgIpc) is 2.86. The minimum Gasteiger partial charge on any atom is -0.387 e. The standard InChI is InChI=1S/C15H19ClO5/c1-7-4-5-8(6-9(7)16)10(17)12-11(18)13-14(19-12)21-15(2,3)20-13/h4-6,10-14,17-18H,1-3H3/t10-,11+,12-,13?,14-/m0/s1. The summed E-state index contributed by atoms with van der Waals surface area (Å²) in [7, 11) is 0. The van der Waals surface area contributed by atoms with Gasteiger partial charge in [0.15, 0.2) is 12.1 Å². The molecule has 2 aliphatic rings. The largest absolute Gasteiger partial charge is 0.387 e. The summed E-state index contributed by atoms with van der Waals surface area (Å²) >= 11 is 6.07. The number of fused-ring (bicyclic) bond motifs is 1. The van der Waals surface area contributed by atoms with E-state index in [9.17, 15) is 10.2 Å². The normalized spacial score (nSPS) is 35.7. The molecule has 5 atom stereocenters. The van der Waals surface area contributed by atoms with E-state index in [4.69, 9.17) is 25.8 Å². The van der Waals surface area contributed by atoms with E-state index in [0.29, 0.717) is 10.6 Å². The Kier molecular flexibility index (Phi) is 3.76. The van der Waals surface area contributed by atoms with Gasteiger partial charge in [0.1, 0.15) is 24.4 Å². The predicted molar refractivity (Wildman–Crippen MR) is 75.9 cm³/mol. The average molecular weight is 315 g/mol. The van der Waals surface area contributed by atoms with E-state index in [1.54, 1.807) is 26.0 Å². The van der Waals surface area contributed by atoms with Crippen LogP contribution in [0.4, 0.5) is 0 Å². The molecule has 3 rings (SSSR count). The summed E-state index contributed by atoms with van der Waals surface area (Å²) in [6, 6.07) is 5.26. The third-order valence-electron chi connectivity index (χ3n) is 3.90. The van der Waals surface area contributed by atoms with E-state index in [0.717, 1.165) is 5.56 Å². The highest BCUT2D eigenvalue weighted by Crippen LogP contribution is 2.41. The first-order valence-electron chi connectivity index (χ1n) is 6.92. The molecule has 21 heavy (non-hydrogen) atoms. The summed E-state index contributed by atoms with van der Waals surface area (Å²) in [4.78, 5) is 0. The van der Waals surface area contributed by atoms with Crippen LogP contribution in [0.5, 0.6) is 0 Å². The summed E-state index contributed by atoms with van der Waals surface area (Å²) in [5.74, 6) is -0.792. The summed E-state index contributed by atoms with van der Waals surface area (Å²) in [5, 5.41) is 21.3. The monoisotopic (exact) mass is 314 g/mol. The smallest absolute Gasteiger partial charge is 0.190 e. The van der Waals surface area contributed by atoms with Crippen molar-refractivity contribution in [3.8, 4) is 0 Å². The summed E-state index contributed by atoms with van der Waals surface area (Å²) in [6.07, 6.45) is -4.04. The molecule has 2 N–H and O–H groups in total. The van der Waals surface area contributed by atoms with Gasteiger partial charge in [-0.05, 0) is 38.0 Å². The van der Waals surface area contributed by atoms with Crippen LogP contribution in [0.3, 0.4) is 0 Å². The predicted octanol–water partition coefficient (Wildman–Crippen LogP) is 1.92. The molecule has 0 aliphatic carbocycles. The molecular formula is C15H19ClO5. The Bertz CT molecular complexity index is 547. The Morgan fingerprint density at radius 1 is 1.29 bits per heavy atom. The molecule has 2 aliphatic heterocycles. The van der Waals surface area contributed by atoms with Crippen LogP contribution in [-0.4, -0.2) is 40.6 Å². The Balaban J connectivity index is 1.78. The van der Waals surface area contributed by atoms with E-state index in [1.165, 1.54) is 0 Å². The molecule has 116 valence electrons. The van der Waals surface area contributed by atoms with E-state index in [2.05, 4.69) is 0 Å². The molecule has 0 aromatic heterocycles. The first-order valence-corrected chi connectivity index (χ1v) is 7.29. The van der Waals surface area contributed by atoms with Crippen LogP contribution in [0.1, 0.15) is 31.1 Å². The van der Waals surface area contributed by atoms with Gasteiger partial charge in [-0.1, -0.05) is 23.7 Å². The molecule has 2 saturated heterocycles. The fourth-order valence-corrected chi connectivity index (χ4v) is 2.95. The second-order valence-electron chi connectivity index (χ2n) is 6.01. The van der Waals surface area contributed by atoms with Gasteiger partial charge in [0, 0.05) is 5.02 Å². The van der Waals surface area contributed by atoms with Crippen LogP contribution in [-0.2, 0) is 14.2 Å². The molecule has 6 heteroatoms. The lowest BCUT2D eigenvalue weighted by atomic mass is 9.98. The number of hydrogen-bond donors (Lipinski definition) is 2. The molecular weight excluding hydrogens is 296 g/mol. The fraction of sp³-hybridized carbons (Fsp3) is 0.600. The summed E-state index contributed by atoms with van der Waals surface area (Å²) < 4.78 is 16.8. The van der Waals surface area contributed by atoms with Gasteiger partial charge in [0.25, 0.3) is 0 Å². The molecule has 1 aromatic carbocycles. The van der Waals surface area contributed by atoms with Crippen LogP contribution in [0.2, 0.25) is 5.02 Å². The van der Waals surface area contributed by atoms with Crippen LogP contribution < -0.4 is 0 Å². The summed E-state index contributed by atoms with van der Waals surface area (Å²) in [5.41, 5.74) is 1.51. The number of rotatable bonds is 2. The number of benzene rings is 1.